The molecule has 10 heavy (non-hydrogen) atoms. The molecule has 0 aliphatic rings. The molecule has 0 aromatic heterocycles. The number of rotatable bonds is 0. The highest BCUT2D eigenvalue weighted by Gasteiger charge is 2.02. The van der Waals surface area contributed by atoms with E-state index >= 15 is 0 Å². The normalized spacial score (nSPS) is 10.0. The third kappa shape index (κ3) is 1.17. The highest BCUT2D eigenvalue weighted by molar-refractivity contribution is 5.50. The van der Waals surface area contributed by atoms with Gasteiger partial charge in [-0.05, 0) is 13.8 Å². The van der Waals surface area contributed by atoms with E-state index in [9.17, 15) is 0 Å². The van der Waals surface area contributed by atoms with Crippen LogP contribution in [0.3, 0.4) is 0 Å². The minimum atomic E-state index is 1.10. The third-order valence-corrected chi connectivity index (χ3v) is 1.79. The van der Waals surface area contributed by atoms with E-state index in [1.165, 1.54) is 11.1 Å². The quantitative estimate of drug-likeness (QED) is 0.509. The summed E-state index contributed by atoms with van der Waals surface area (Å²) >= 11 is 0. The van der Waals surface area contributed by atoms with Gasteiger partial charge >= 0.3 is 0 Å². The Morgan fingerprint density at radius 3 is 1.50 bits per heavy atom. The van der Waals surface area contributed by atoms with Crippen LogP contribution in [0.1, 0.15) is 11.1 Å². The van der Waals surface area contributed by atoms with Gasteiger partial charge in [0.1, 0.15) is 11.4 Å². The summed E-state index contributed by atoms with van der Waals surface area (Å²) in [6.07, 6.45) is 0. The van der Waals surface area contributed by atoms with E-state index in [1.54, 1.807) is 0 Å². The summed E-state index contributed by atoms with van der Waals surface area (Å²) in [4.78, 5) is 0. The Morgan fingerprint density at radius 1 is 0.900 bits per heavy atom. The average molecular weight is 138 g/mol. The molecule has 0 saturated heterocycles. The summed E-state index contributed by atoms with van der Waals surface area (Å²) in [7, 11) is 0. The number of quaternary nitrogens is 2. The average Bonchev–Trinajstić information content (AvgIpc) is 1.84. The monoisotopic (exact) mass is 138 g/mol. The molecule has 0 aliphatic carbocycles. The van der Waals surface area contributed by atoms with Crippen molar-refractivity contribution in [1.29, 1.82) is 0 Å². The Bertz CT molecular complexity index is 203. The van der Waals surface area contributed by atoms with Crippen LogP contribution in [0.15, 0.2) is 12.1 Å². The van der Waals surface area contributed by atoms with Crippen LogP contribution in [0.5, 0.6) is 0 Å². The van der Waals surface area contributed by atoms with Crippen molar-refractivity contribution in [3.63, 3.8) is 0 Å². The van der Waals surface area contributed by atoms with Gasteiger partial charge in [-0.2, -0.15) is 0 Å². The van der Waals surface area contributed by atoms with Crippen molar-refractivity contribution in [2.75, 3.05) is 0 Å². The van der Waals surface area contributed by atoms with Gasteiger partial charge in [0.2, 0.25) is 0 Å². The fraction of sp³-hybridized carbons (Fsp3) is 0.250. The van der Waals surface area contributed by atoms with E-state index in [0.29, 0.717) is 0 Å². The molecular weight excluding hydrogens is 124 g/mol. The summed E-state index contributed by atoms with van der Waals surface area (Å²) < 4.78 is 0. The first-order valence-electron chi connectivity index (χ1n) is 3.36. The second-order valence-electron chi connectivity index (χ2n) is 2.71. The Hall–Kier alpha value is -0.860. The first-order valence-corrected chi connectivity index (χ1v) is 3.36. The lowest BCUT2D eigenvalue weighted by molar-refractivity contribution is -0.261. The van der Waals surface area contributed by atoms with Crippen LogP contribution in [0, 0.1) is 13.8 Å². The molecule has 2 heteroatoms. The van der Waals surface area contributed by atoms with Gasteiger partial charge in [-0.3, -0.25) is 0 Å². The molecule has 0 bridgehead atoms. The van der Waals surface area contributed by atoms with E-state index in [-0.39, 0.29) is 0 Å². The minimum absolute atomic E-state index is 1.10. The van der Waals surface area contributed by atoms with Gasteiger partial charge in [0, 0.05) is 23.3 Å². The molecule has 0 amide bonds. The van der Waals surface area contributed by atoms with Gasteiger partial charge in [-0.15, -0.1) is 0 Å². The fourth-order valence-corrected chi connectivity index (χ4v) is 0.936. The Labute approximate surface area is 60.8 Å². The predicted octanol–water partition coefficient (Wildman–Crippen LogP) is 0.0502. The first kappa shape index (κ1) is 7.25. The molecule has 0 heterocycles. The maximum Gasteiger partial charge on any atom is 0.131 e. The van der Waals surface area contributed by atoms with Crippen LogP contribution in [-0.4, -0.2) is 0 Å². The maximum absolute atomic E-state index is 3.89. The summed E-state index contributed by atoms with van der Waals surface area (Å²) in [5.74, 6) is 0. The number of hydrogen-bond donors (Lipinski definition) is 2. The molecule has 0 unspecified atom stereocenters. The van der Waals surface area contributed by atoms with Crippen molar-refractivity contribution in [2.24, 2.45) is 0 Å². The maximum atomic E-state index is 3.89. The molecule has 0 saturated carbocycles. The van der Waals surface area contributed by atoms with Crippen molar-refractivity contribution >= 4 is 11.4 Å². The van der Waals surface area contributed by atoms with Gasteiger partial charge in [0.05, 0.1) is 0 Å². The summed E-state index contributed by atoms with van der Waals surface area (Å²) in [6.45, 7) is 4.10. The Kier molecular flexibility index (Phi) is 1.74. The molecular formula is C8H14N2+2. The summed E-state index contributed by atoms with van der Waals surface area (Å²) in [6, 6.07) is 4.13. The van der Waals surface area contributed by atoms with Crippen LogP contribution in [0.2, 0.25) is 0 Å². The molecule has 0 spiro atoms. The molecule has 0 fully saturated rings. The number of aryl methyl sites for hydroxylation is 2. The van der Waals surface area contributed by atoms with E-state index in [4.69, 9.17) is 0 Å². The molecule has 2 nitrogen and oxygen atoms in total. The van der Waals surface area contributed by atoms with Crippen LogP contribution in [0.25, 0.3) is 0 Å². The van der Waals surface area contributed by atoms with Crippen molar-refractivity contribution in [1.82, 2.24) is 0 Å². The van der Waals surface area contributed by atoms with Crippen molar-refractivity contribution < 1.29 is 11.5 Å². The second kappa shape index (κ2) is 2.40. The van der Waals surface area contributed by atoms with Gasteiger partial charge in [-0.25, -0.2) is 0 Å². The fourth-order valence-electron chi connectivity index (χ4n) is 0.936. The zero-order valence-electron chi connectivity index (χ0n) is 6.57. The van der Waals surface area contributed by atoms with E-state index < -0.39 is 0 Å². The lowest BCUT2D eigenvalue weighted by Crippen LogP contribution is -2.44. The topological polar surface area (TPSA) is 55.3 Å². The van der Waals surface area contributed by atoms with Crippen LogP contribution in [0.4, 0.5) is 11.4 Å². The minimum Gasteiger partial charge on any atom is -0.325 e. The van der Waals surface area contributed by atoms with Crippen LogP contribution < -0.4 is 11.5 Å². The van der Waals surface area contributed by atoms with Gasteiger partial charge in [-0.1, -0.05) is 0 Å². The standard InChI is InChI=1S/C8H12N2/c1-5-3-8(10)6(2)4-7(5)9/h3-4H,9-10H2,1-2H3/p+2. The van der Waals surface area contributed by atoms with Gasteiger partial charge < -0.3 is 11.5 Å². The SMILES string of the molecule is Cc1cc([NH3+])c(C)cc1[NH3+]. The molecule has 1 aromatic carbocycles. The van der Waals surface area contributed by atoms with Gasteiger partial charge in [0.25, 0.3) is 0 Å². The van der Waals surface area contributed by atoms with Crippen molar-refractivity contribution in [2.45, 2.75) is 13.8 Å². The summed E-state index contributed by atoms with van der Waals surface area (Å²) in [5, 5.41) is 0. The molecule has 6 N–H and O–H groups in total. The molecule has 0 atom stereocenters. The van der Waals surface area contributed by atoms with Crippen molar-refractivity contribution in [3.05, 3.63) is 23.3 Å². The van der Waals surface area contributed by atoms with E-state index in [0.717, 1.165) is 11.4 Å². The predicted molar refractivity (Wildman–Crippen MR) is 41.0 cm³/mol. The molecule has 0 aliphatic heterocycles. The third-order valence-electron chi connectivity index (χ3n) is 1.79. The zero-order valence-corrected chi connectivity index (χ0v) is 6.57. The Balaban J connectivity index is 3.28. The highest BCUT2D eigenvalue weighted by Crippen LogP contribution is 2.15. The van der Waals surface area contributed by atoms with Crippen molar-refractivity contribution in [3.8, 4) is 0 Å². The lowest BCUT2D eigenvalue weighted by atomic mass is 10.1. The van der Waals surface area contributed by atoms with Crippen LogP contribution in [-0.2, 0) is 0 Å². The van der Waals surface area contributed by atoms with E-state index in [1.807, 2.05) is 0 Å². The number of hydrogen-bond acceptors (Lipinski definition) is 0. The first-order chi connectivity index (χ1) is 4.61. The molecule has 1 aromatic rings. The lowest BCUT2D eigenvalue weighted by Gasteiger charge is -1.97. The highest BCUT2D eigenvalue weighted by atomic mass is 14.6. The molecule has 54 valence electrons. The second-order valence-corrected chi connectivity index (χ2v) is 2.71. The van der Waals surface area contributed by atoms with Crippen LogP contribution >= 0.6 is 0 Å². The molecule has 0 radical (unpaired) electrons. The smallest absolute Gasteiger partial charge is 0.131 e. The molecule has 1 rings (SSSR count). The summed E-state index contributed by atoms with van der Waals surface area (Å²) in [5.41, 5.74) is 12.4. The largest absolute Gasteiger partial charge is 0.325 e. The van der Waals surface area contributed by atoms with E-state index in [2.05, 4.69) is 37.4 Å². The van der Waals surface area contributed by atoms with Gasteiger partial charge in [0.15, 0.2) is 0 Å². The zero-order chi connectivity index (χ0) is 7.72. The number of benzene rings is 1. The Morgan fingerprint density at radius 2 is 1.20 bits per heavy atom.